The van der Waals surface area contributed by atoms with E-state index in [-0.39, 0.29) is 19.9 Å². The number of amides is 1. The number of nitrogens with zero attached hydrogens (tertiary/aromatic N) is 1. The number of fused-ring (bicyclic) bond motifs is 2. The number of aromatic nitrogens is 1. The van der Waals surface area contributed by atoms with Gasteiger partial charge in [0.25, 0.3) is 5.91 Å². The zero-order valence-corrected chi connectivity index (χ0v) is 15.5. The number of oxazole rings is 1. The van der Waals surface area contributed by atoms with Gasteiger partial charge in [-0.25, -0.2) is 4.79 Å². The van der Waals surface area contributed by atoms with E-state index in [2.05, 4.69) is 5.32 Å². The van der Waals surface area contributed by atoms with Gasteiger partial charge >= 0.3 is 11.7 Å². The number of esters is 1. The standard InChI is InChI=1S/C20H18N2O7/c1-12(19(24)21-9-13-6-7-16-17(8-13)27-11-26-16)28-18(23)10-22-14-4-2-3-5-15(14)29-20(22)25/h2-8,12H,9-11H2,1H3,(H,21,24)/t12-/m0/s1. The second kappa shape index (κ2) is 7.70. The molecule has 1 N–H and O–H groups in total. The van der Waals surface area contributed by atoms with E-state index in [1.54, 1.807) is 42.5 Å². The number of hydrogen-bond donors (Lipinski definition) is 1. The lowest BCUT2D eigenvalue weighted by atomic mass is 10.2. The first kappa shape index (κ1) is 18.6. The molecule has 0 fully saturated rings. The van der Waals surface area contributed by atoms with Crippen molar-refractivity contribution in [3.63, 3.8) is 0 Å². The van der Waals surface area contributed by atoms with E-state index in [1.807, 2.05) is 0 Å². The first-order valence-electron chi connectivity index (χ1n) is 8.95. The number of hydrogen-bond acceptors (Lipinski definition) is 7. The Morgan fingerprint density at radius 2 is 1.97 bits per heavy atom. The lowest BCUT2D eigenvalue weighted by Crippen LogP contribution is -2.36. The summed E-state index contributed by atoms with van der Waals surface area (Å²) < 4.78 is 21.9. The molecular formula is C20H18N2O7. The van der Waals surface area contributed by atoms with E-state index in [0.717, 1.165) is 10.1 Å². The van der Waals surface area contributed by atoms with Crippen molar-refractivity contribution in [3.8, 4) is 11.5 Å². The molecule has 0 saturated heterocycles. The fourth-order valence-electron chi connectivity index (χ4n) is 2.96. The van der Waals surface area contributed by atoms with Crippen molar-refractivity contribution in [2.45, 2.75) is 26.1 Å². The number of carbonyl (C=O) groups is 2. The van der Waals surface area contributed by atoms with Gasteiger partial charge in [-0.1, -0.05) is 18.2 Å². The molecule has 0 saturated carbocycles. The summed E-state index contributed by atoms with van der Waals surface area (Å²) in [6.45, 7) is 1.52. The SMILES string of the molecule is C[C@H](OC(=O)Cn1c(=O)oc2ccccc21)C(=O)NCc1ccc2c(c1)OCO2. The van der Waals surface area contributed by atoms with E-state index in [4.69, 9.17) is 18.6 Å². The van der Waals surface area contributed by atoms with Crippen LogP contribution in [0.3, 0.4) is 0 Å². The summed E-state index contributed by atoms with van der Waals surface area (Å²) in [5.41, 5.74) is 1.67. The Morgan fingerprint density at radius 3 is 2.83 bits per heavy atom. The number of para-hydroxylation sites is 2. The maximum absolute atomic E-state index is 12.2. The Labute approximate surface area is 164 Å². The molecule has 0 aliphatic carbocycles. The molecule has 1 amide bonds. The normalized spacial score (nSPS) is 13.3. The van der Waals surface area contributed by atoms with Gasteiger partial charge in [0, 0.05) is 6.54 Å². The highest BCUT2D eigenvalue weighted by atomic mass is 16.7. The molecule has 0 unspecified atom stereocenters. The van der Waals surface area contributed by atoms with Crippen LogP contribution >= 0.6 is 0 Å². The Hall–Kier alpha value is -3.75. The van der Waals surface area contributed by atoms with Gasteiger partial charge in [0.1, 0.15) is 6.54 Å². The number of benzene rings is 2. The van der Waals surface area contributed by atoms with Crippen LogP contribution in [0.2, 0.25) is 0 Å². The Balaban J connectivity index is 1.33. The molecule has 150 valence electrons. The van der Waals surface area contributed by atoms with Crippen LogP contribution in [-0.2, 0) is 27.4 Å². The summed E-state index contributed by atoms with van der Waals surface area (Å²) in [6, 6.07) is 12.1. The van der Waals surface area contributed by atoms with Crippen molar-refractivity contribution in [2.24, 2.45) is 0 Å². The molecule has 9 heteroatoms. The zero-order chi connectivity index (χ0) is 20.4. The molecule has 0 bridgehead atoms. The lowest BCUT2D eigenvalue weighted by Gasteiger charge is -2.14. The molecule has 3 aromatic rings. The van der Waals surface area contributed by atoms with Crippen LogP contribution in [0.5, 0.6) is 11.5 Å². The largest absolute Gasteiger partial charge is 0.454 e. The Bertz CT molecular complexity index is 1130. The zero-order valence-electron chi connectivity index (χ0n) is 15.5. The summed E-state index contributed by atoms with van der Waals surface area (Å²) >= 11 is 0. The van der Waals surface area contributed by atoms with Gasteiger partial charge in [-0.15, -0.1) is 0 Å². The van der Waals surface area contributed by atoms with Crippen molar-refractivity contribution < 1.29 is 28.2 Å². The molecule has 2 heterocycles. The van der Waals surface area contributed by atoms with Crippen LogP contribution in [-0.4, -0.2) is 29.3 Å². The number of ether oxygens (including phenoxy) is 3. The van der Waals surface area contributed by atoms with E-state index >= 15 is 0 Å². The lowest BCUT2D eigenvalue weighted by molar-refractivity contribution is -0.155. The molecule has 9 nitrogen and oxygen atoms in total. The van der Waals surface area contributed by atoms with Crippen LogP contribution in [0.15, 0.2) is 51.7 Å². The molecule has 29 heavy (non-hydrogen) atoms. The van der Waals surface area contributed by atoms with Gasteiger partial charge in [0.15, 0.2) is 23.2 Å². The monoisotopic (exact) mass is 398 g/mol. The van der Waals surface area contributed by atoms with Crippen molar-refractivity contribution in [2.75, 3.05) is 6.79 Å². The fourth-order valence-corrected chi connectivity index (χ4v) is 2.96. The van der Waals surface area contributed by atoms with Gasteiger partial charge in [-0.05, 0) is 36.8 Å². The highest BCUT2D eigenvalue weighted by Gasteiger charge is 2.20. The molecule has 1 aromatic heterocycles. The van der Waals surface area contributed by atoms with Gasteiger partial charge in [0.2, 0.25) is 6.79 Å². The Kier molecular flexibility index (Phi) is 4.94. The van der Waals surface area contributed by atoms with Crippen LogP contribution in [0.25, 0.3) is 11.1 Å². The van der Waals surface area contributed by atoms with Gasteiger partial charge in [-0.2, -0.15) is 0 Å². The Morgan fingerprint density at radius 1 is 1.17 bits per heavy atom. The number of nitrogens with one attached hydrogen (secondary N) is 1. The average molecular weight is 398 g/mol. The second-order valence-corrected chi connectivity index (χ2v) is 6.46. The molecular weight excluding hydrogens is 380 g/mol. The minimum atomic E-state index is -1.02. The van der Waals surface area contributed by atoms with E-state index in [9.17, 15) is 14.4 Å². The van der Waals surface area contributed by atoms with Crippen LogP contribution < -0.4 is 20.5 Å². The third-order valence-corrected chi connectivity index (χ3v) is 4.44. The van der Waals surface area contributed by atoms with Crippen LogP contribution in [0.4, 0.5) is 0 Å². The van der Waals surface area contributed by atoms with Crippen LogP contribution in [0, 0.1) is 0 Å². The van der Waals surface area contributed by atoms with Gasteiger partial charge in [-0.3, -0.25) is 14.2 Å². The highest BCUT2D eigenvalue weighted by molar-refractivity contribution is 5.83. The minimum absolute atomic E-state index is 0.174. The fraction of sp³-hybridized carbons (Fsp3) is 0.250. The first-order valence-corrected chi connectivity index (χ1v) is 8.95. The molecule has 2 aromatic carbocycles. The molecule has 1 aliphatic heterocycles. The topological polar surface area (TPSA) is 109 Å². The third-order valence-electron chi connectivity index (χ3n) is 4.44. The first-order chi connectivity index (χ1) is 14.0. The summed E-state index contributed by atoms with van der Waals surface area (Å²) in [5, 5.41) is 2.70. The number of rotatable bonds is 6. The molecule has 4 rings (SSSR count). The van der Waals surface area contributed by atoms with Crippen LogP contribution in [0.1, 0.15) is 12.5 Å². The summed E-state index contributed by atoms with van der Waals surface area (Å²) in [7, 11) is 0. The minimum Gasteiger partial charge on any atom is -0.454 e. The van der Waals surface area contributed by atoms with E-state index in [1.165, 1.54) is 6.92 Å². The number of carbonyl (C=O) groups excluding carboxylic acids is 2. The summed E-state index contributed by atoms with van der Waals surface area (Å²) in [4.78, 5) is 36.3. The van der Waals surface area contributed by atoms with Gasteiger partial charge < -0.3 is 23.9 Å². The molecule has 0 spiro atoms. The maximum Gasteiger partial charge on any atom is 0.420 e. The van der Waals surface area contributed by atoms with Crippen molar-refractivity contribution in [1.82, 2.24) is 9.88 Å². The third kappa shape index (κ3) is 3.93. The van der Waals surface area contributed by atoms with Crippen molar-refractivity contribution in [3.05, 3.63) is 58.6 Å². The van der Waals surface area contributed by atoms with Crippen molar-refractivity contribution in [1.29, 1.82) is 0 Å². The predicted molar refractivity (Wildman–Crippen MR) is 100 cm³/mol. The summed E-state index contributed by atoms with van der Waals surface area (Å²) in [6.07, 6.45) is -1.02. The highest BCUT2D eigenvalue weighted by Crippen LogP contribution is 2.32. The van der Waals surface area contributed by atoms with E-state index in [0.29, 0.717) is 22.6 Å². The molecule has 1 atom stereocenters. The predicted octanol–water partition coefficient (Wildman–Crippen LogP) is 1.57. The maximum atomic E-state index is 12.2. The average Bonchev–Trinajstić information content (AvgIpc) is 3.30. The van der Waals surface area contributed by atoms with Crippen molar-refractivity contribution >= 4 is 23.0 Å². The van der Waals surface area contributed by atoms with E-state index < -0.39 is 23.7 Å². The summed E-state index contributed by atoms with van der Waals surface area (Å²) in [5.74, 6) is -0.564. The molecule has 0 radical (unpaired) electrons. The molecule has 1 aliphatic rings. The second-order valence-electron chi connectivity index (χ2n) is 6.46. The van der Waals surface area contributed by atoms with Gasteiger partial charge in [0.05, 0.1) is 5.52 Å². The quantitative estimate of drug-likeness (QED) is 0.628. The smallest absolute Gasteiger partial charge is 0.420 e.